The third kappa shape index (κ3) is 6.88. The van der Waals surface area contributed by atoms with Crippen LogP contribution in [0.1, 0.15) is 20.8 Å². The Morgan fingerprint density at radius 2 is 1.07 bits per heavy atom. The van der Waals surface area contributed by atoms with Crippen LogP contribution in [0.2, 0.25) is 13.3 Å². The molecule has 0 saturated carbocycles. The molecule has 0 bridgehead atoms. The maximum atomic E-state index is 4.04. The van der Waals surface area contributed by atoms with Gasteiger partial charge in [0.25, 0.3) is 0 Å². The topological polar surface area (TPSA) is 0 Å². The fourth-order valence-corrected chi connectivity index (χ4v) is 12.1. The molecule has 0 aromatic heterocycles. The minimum absolute atomic E-state index is 1.29. The zero-order valence-electron chi connectivity index (χ0n) is 9.46. The summed E-state index contributed by atoms with van der Waals surface area (Å²) >= 11 is 2.03. The van der Waals surface area contributed by atoms with Crippen molar-refractivity contribution in [2.45, 2.75) is 34.1 Å². The van der Waals surface area contributed by atoms with Gasteiger partial charge in [-0.1, -0.05) is 0 Å². The first kappa shape index (κ1) is 14.5. The van der Waals surface area contributed by atoms with Crippen molar-refractivity contribution in [2.24, 2.45) is 0 Å². The predicted octanol–water partition coefficient (Wildman–Crippen LogP) is 5.06. The summed E-state index contributed by atoms with van der Waals surface area (Å²) in [5.41, 5.74) is 0. The van der Waals surface area contributed by atoms with Gasteiger partial charge in [0.2, 0.25) is 0 Å². The van der Waals surface area contributed by atoms with Crippen molar-refractivity contribution in [3.8, 4) is 0 Å². The Labute approximate surface area is 98.8 Å². The van der Waals surface area contributed by atoms with Crippen LogP contribution in [-0.4, -0.2) is 16.2 Å². The normalized spacial score (nSPS) is 13.7. The van der Waals surface area contributed by atoms with Gasteiger partial charge in [-0.2, -0.15) is 0 Å². The van der Waals surface area contributed by atoms with Crippen molar-refractivity contribution >= 4 is 28.9 Å². The number of hydrogen-bond acceptors (Lipinski definition) is 0. The number of allylic oxidation sites excluding steroid dienone is 6. The molecule has 0 saturated heterocycles. The van der Waals surface area contributed by atoms with Crippen molar-refractivity contribution < 1.29 is 0 Å². The SMILES string of the molecule is C/C=C/[CH2][Sn]([Br])([CH2]/C=C/C)[CH2]/C=C/C. The summed E-state index contributed by atoms with van der Waals surface area (Å²) in [5, 5.41) is 0. The summed E-state index contributed by atoms with van der Waals surface area (Å²) < 4.78 is 3.87. The van der Waals surface area contributed by atoms with E-state index in [4.69, 9.17) is 0 Å². The second kappa shape index (κ2) is 8.78. The monoisotopic (exact) mass is 364 g/mol. The molecule has 0 aliphatic carbocycles. The molecule has 0 radical (unpaired) electrons. The van der Waals surface area contributed by atoms with Crippen molar-refractivity contribution in [2.75, 3.05) is 0 Å². The Hall–Kier alpha value is 0.499. The molecular weight excluding hydrogens is 343 g/mol. The molecule has 0 atom stereocenters. The van der Waals surface area contributed by atoms with Crippen molar-refractivity contribution in [1.82, 2.24) is 0 Å². The molecule has 0 rings (SSSR count). The molecule has 0 heterocycles. The van der Waals surface area contributed by atoms with E-state index in [-0.39, 0.29) is 0 Å². The van der Waals surface area contributed by atoms with Gasteiger partial charge in [0.15, 0.2) is 0 Å². The third-order valence-electron chi connectivity index (χ3n) is 2.16. The standard InChI is InChI=1S/3C4H7.BrH.Sn/c3*1-3-4-2;;/h3*3-4H,1H2,2H3;1H;/q;;;;+1/p-1/b3*4-3+;;. The molecule has 0 amide bonds. The summed E-state index contributed by atoms with van der Waals surface area (Å²) in [5.74, 6) is 0. The number of rotatable bonds is 6. The summed E-state index contributed by atoms with van der Waals surface area (Å²) in [6, 6.07) is 0. The molecule has 0 fully saturated rings. The van der Waals surface area contributed by atoms with E-state index in [2.05, 4.69) is 69.9 Å². The van der Waals surface area contributed by atoms with Crippen LogP contribution in [-0.2, 0) is 0 Å². The van der Waals surface area contributed by atoms with Crippen LogP contribution in [0.25, 0.3) is 0 Å². The molecule has 0 N–H and O–H groups in total. The predicted molar refractivity (Wildman–Crippen MR) is 73.5 cm³/mol. The Balaban J connectivity index is 4.30. The van der Waals surface area contributed by atoms with Gasteiger partial charge in [-0.15, -0.1) is 0 Å². The Kier molecular flexibility index (Phi) is 9.09. The summed E-state index contributed by atoms with van der Waals surface area (Å²) in [6.45, 7) is 6.31. The van der Waals surface area contributed by atoms with Gasteiger partial charge >= 0.3 is 99.4 Å². The molecule has 0 spiro atoms. The fraction of sp³-hybridized carbons (Fsp3) is 0.500. The van der Waals surface area contributed by atoms with Crippen LogP contribution in [0.15, 0.2) is 36.5 Å². The van der Waals surface area contributed by atoms with E-state index in [0.29, 0.717) is 0 Å². The third-order valence-corrected chi connectivity index (χ3v) is 17.0. The molecule has 2 heteroatoms. The van der Waals surface area contributed by atoms with E-state index in [9.17, 15) is 0 Å². The van der Waals surface area contributed by atoms with Crippen LogP contribution >= 0.6 is 12.7 Å². The second-order valence-electron chi connectivity index (χ2n) is 3.47. The molecule has 14 heavy (non-hydrogen) atoms. The molecular formula is C12H21BrSn. The van der Waals surface area contributed by atoms with Crippen LogP contribution in [0.3, 0.4) is 0 Å². The van der Waals surface area contributed by atoms with Gasteiger partial charge in [-0.3, -0.25) is 0 Å². The molecule has 80 valence electrons. The Morgan fingerprint density at radius 1 is 0.786 bits per heavy atom. The van der Waals surface area contributed by atoms with Crippen LogP contribution in [0.4, 0.5) is 0 Å². The minimum atomic E-state index is -2.01. The van der Waals surface area contributed by atoms with Crippen LogP contribution in [0, 0.1) is 0 Å². The van der Waals surface area contributed by atoms with E-state index in [0.717, 1.165) is 0 Å². The van der Waals surface area contributed by atoms with E-state index in [1.54, 1.807) is 0 Å². The molecule has 0 aromatic carbocycles. The molecule has 0 aliphatic rings. The van der Waals surface area contributed by atoms with Gasteiger partial charge in [-0.05, 0) is 0 Å². The number of hydrogen-bond donors (Lipinski definition) is 0. The van der Waals surface area contributed by atoms with E-state index in [1.165, 1.54) is 13.3 Å². The zero-order chi connectivity index (χ0) is 10.9. The Morgan fingerprint density at radius 3 is 1.29 bits per heavy atom. The van der Waals surface area contributed by atoms with Gasteiger partial charge in [-0.25, -0.2) is 0 Å². The molecule has 0 unspecified atom stereocenters. The zero-order valence-corrected chi connectivity index (χ0v) is 13.9. The first-order valence-corrected chi connectivity index (χ1v) is 17.7. The Bertz CT molecular complexity index is 180. The molecule has 0 aliphatic heterocycles. The fourth-order valence-electron chi connectivity index (χ4n) is 1.24. The van der Waals surface area contributed by atoms with Crippen molar-refractivity contribution in [3.63, 3.8) is 0 Å². The summed E-state index contributed by atoms with van der Waals surface area (Å²) in [7, 11) is 0. The van der Waals surface area contributed by atoms with Gasteiger partial charge in [0.1, 0.15) is 0 Å². The quantitative estimate of drug-likeness (QED) is 0.457. The average molecular weight is 364 g/mol. The van der Waals surface area contributed by atoms with Crippen LogP contribution in [0.5, 0.6) is 0 Å². The second-order valence-corrected chi connectivity index (χ2v) is 24.8. The first-order valence-electron chi connectivity index (χ1n) is 5.21. The average Bonchev–Trinajstić information content (AvgIpc) is 2.21. The number of halogens is 1. The first-order chi connectivity index (χ1) is 6.68. The summed E-state index contributed by atoms with van der Waals surface area (Å²) in [6.07, 6.45) is 13.4. The van der Waals surface area contributed by atoms with Gasteiger partial charge < -0.3 is 0 Å². The summed E-state index contributed by atoms with van der Waals surface area (Å²) in [4.78, 5) is 0. The maximum absolute atomic E-state index is 4.04. The van der Waals surface area contributed by atoms with Crippen LogP contribution < -0.4 is 0 Å². The molecule has 0 nitrogen and oxygen atoms in total. The molecule has 0 aromatic rings. The van der Waals surface area contributed by atoms with Crippen molar-refractivity contribution in [3.05, 3.63) is 36.5 Å². The van der Waals surface area contributed by atoms with E-state index < -0.39 is 16.2 Å². The van der Waals surface area contributed by atoms with Gasteiger partial charge in [0.05, 0.1) is 0 Å². The van der Waals surface area contributed by atoms with E-state index >= 15 is 0 Å². The van der Waals surface area contributed by atoms with Crippen molar-refractivity contribution in [1.29, 1.82) is 0 Å². The van der Waals surface area contributed by atoms with E-state index in [1.807, 2.05) is 0 Å². The van der Waals surface area contributed by atoms with Gasteiger partial charge in [0, 0.05) is 0 Å².